The summed E-state index contributed by atoms with van der Waals surface area (Å²) in [7, 11) is 0. The highest BCUT2D eigenvalue weighted by Gasteiger charge is 2.19. The minimum absolute atomic E-state index is 0.0859. The molecular weight excluding hydrogens is 268 g/mol. The van der Waals surface area contributed by atoms with Crippen LogP contribution in [0.5, 0.6) is 0 Å². The molecule has 108 valence electrons. The van der Waals surface area contributed by atoms with E-state index in [1.165, 1.54) is 0 Å². The molecule has 0 aromatic carbocycles. The smallest absolute Gasteiger partial charge is 0.277 e. The molecule has 3 aromatic heterocycles. The Bertz CT molecular complexity index is 795. The van der Waals surface area contributed by atoms with Crippen LogP contribution >= 0.6 is 0 Å². The number of nitrogens with one attached hydrogen (secondary N) is 2. The second kappa shape index (κ2) is 4.69. The van der Waals surface area contributed by atoms with Crippen LogP contribution in [0.25, 0.3) is 5.65 Å². The van der Waals surface area contributed by atoms with Crippen LogP contribution < -0.4 is 5.32 Å². The van der Waals surface area contributed by atoms with Crippen molar-refractivity contribution in [2.24, 2.45) is 0 Å². The third kappa shape index (κ3) is 2.49. The van der Waals surface area contributed by atoms with Crippen LogP contribution in [0.4, 0.5) is 5.82 Å². The zero-order chi connectivity index (χ0) is 15.0. The summed E-state index contributed by atoms with van der Waals surface area (Å²) in [5.41, 5.74) is 1.84. The van der Waals surface area contributed by atoms with Crippen molar-refractivity contribution in [3.63, 3.8) is 0 Å². The summed E-state index contributed by atoms with van der Waals surface area (Å²) in [5.74, 6) is 0.264. The molecule has 3 aromatic rings. The number of aromatic amines is 1. The zero-order valence-electron chi connectivity index (χ0n) is 12.1. The molecule has 1 amide bonds. The van der Waals surface area contributed by atoms with Gasteiger partial charge in [0, 0.05) is 23.4 Å². The van der Waals surface area contributed by atoms with Crippen molar-refractivity contribution in [3.8, 4) is 0 Å². The average Bonchev–Trinajstić information content (AvgIpc) is 3.07. The highest BCUT2D eigenvalue weighted by molar-refractivity contribution is 6.02. The molecule has 0 atom stereocenters. The number of rotatable bonds is 2. The minimum Gasteiger partial charge on any atom is -0.305 e. The van der Waals surface area contributed by atoms with Gasteiger partial charge in [0.25, 0.3) is 5.91 Å². The zero-order valence-corrected chi connectivity index (χ0v) is 12.1. The fraction of sp³-hybridized carbons (Fsp3) is 0.286. The molecule has 7 heteroatoms. The Kier molecular flexibility index (Phi) is 2.97. The van der Waals surface area contributed by atoms with E-state index in [1.807, 2.05) is 0 Å². The van der Waals surface area contributed by atoms with E-state index in [2.05, 4.69) is 46.4 Å². The van der Waals surface area contributed by atoms with Crippen molar-refractivity contribution in [1.29, 1.82) is 0 Å². The number of hydrogen-bond donors (Lipinski definition) is 2. The van der Waals surface area contributed by atoms with Gasteiger partial charge < -0.3 is 5.32 Å². The maximum Gasteiger partial charge on any atom is 0.277 e. The van der Waals surface area contributed by atoms with E-state index in [0.29, 0.717) is 17.2 Å². The van der Waals surface area contributed by atoms with Crippen molar-refractivity contribution in [3.05, 3.63) is 42.0 Å². The quantitative estimate of drug-likeness (QED) is 0.753. The Morgan fingerprint density at radius 3 is 2.81 bits per heavy atom. The normalized spacial score (nSPS) is 11.8. The largest absolute Gasteiger partial charge is 0.305 e. The number of anilines is 1. The molecular formula is C14H16N6O. The number of H-pyrrole nitrogens is 1. The summed E-state index contributed by atoms with van der Waals surface area (Å²) in [4.78, 5) is 16.4. The molecule has 0 aliphatic carbocycles. The topological polar surface area (TPSA) is 88.0 Å². The van der Waals surface area contributed by atoms with Gasteiger partial charge in [-0.2, -0.15) is 14.7 Å². The number of carbonyl (C=O) groups is 1. The Hall–Kier alpha value is -2.70. The monoisotopic (exact) mass is 284 g/mol. The van der Waals surface area contributed by atoms with Gasteiger partial charge in [0.15, 0.2) is 11.3 Å². The molecule has 0 aliphatic heterocycles. The molecule has 3 rings (SSSR count). The van der Waals surface area contributed by atoms with Gasteiger partial charge in [-0.05, 0) is 12.1 Å². The van der Waals surface area contributed by atoms with Crippen LogP contribution in [0, 0.1) is 0 Å². The van der Waals surface area contributed by atoms with Crippen molar-refractivity contribution < 1.29 is 4.79 Å². The average molecular weight is 284 g/mol. The Balaban J connectivity index is 1.86. The van der Waals surface area contributed by atoms with Crippen molar-refractivity contribution in [2.45, 2.75) is 26.2 Å². The standard InChI is InChI=1S/C14H16N6O/c1-14(2,3)10-8-9(18-19-10)13(21)17-12-4-6-15-11-5-7-16-20(11)12/h4-8H,1-3H3,(H,17,21)(H,18,19). The first-order chi connectivity index (χ1) is 9.95. The third-order valence-corrected chi connectivity index (χ3v) is 3.15. The van der Waals surface area contributed by atoms with Crippen LogP contribution in [0.1, 0.15) is 37.0 Å². The van der Waals surface area contributed by atoms with Crippen molar-refractivity contribution >= 4 is 17.4 Å². The molecule has 0 radical (unpaired) electrons. The van der Waals surface area contributed by atoms with Crippen molar-refractivity contribution in [2.75, 3.05) is 5.32 Å². The lowest BCUT2D eigenvalue weighted by Crippen LogP contribution is -2.15. The molecule has 0 bridgehead atoms. The van der Waals surface area contributed by atoms with Crippen LogP contribution in [-0.2, 0) is 5.41 Å². The molecule has 0 saturated heterocycles. The Labute approximate surface area is 121 Å². The summed E-state index contributed by atoms with van der Waals surface area (Å²) < 4.78 is 1.56. The second-order valence-corrected chi connectivity index (χ2v) is 5.80. The maximum atomic E-state index is 12.3. The van der Waals surface area contributed by atoms with Crippen LogP contribution in [0.2, 0.25) is 0 Å². The van der Waals surface area contributed by atoms with Crippen LogP contribution in [0.15, 0.2) is 30.6 Å². The number of aromatic nitrogens is 5. The van der Waals surface area contributed by atoms with Gasteiger partial charge in [-0.1, -0.05) is 20.8 Å². The first kappa shape index (κ1) is 13.3. The molecule has 3 heterocycles. The maximum absolute atomic E-state index is 12.3. The van der Waals surface area contributed by atoms with Gasteiger partial charge in [0.1, 0.15) is 5.82 Å². The van der Waals surface area contributed by atoms with Gasteiger partial charge in [-0.15, -0.1) is 0 Å². The first-order valence-electron chi connectivity index (χ1n) is 6.61. The van der Waals surface area contributed by atoms with Gasteiger partial charge >= 0.3 is 0 Å². The molecule has 0 fully saturated rings. The molecule has 0 aliphatic rings. The van der Waals surface area contributed by atoms with E-state index < -0.39 is 0 Å². The number of fused-ring (bicyclic) bond motifs is 1. The molecule has 2 N–H and O–H groups in total. The molecule has 7 nitrogen and oxygen atoms in total. The molecule has 0 unspecified atom stereocenters. The number of nitrogens with zero attached hydrogens (tertiary/aromatic N) is 4. The summed E-state index contributed by atoms with van der Waals surface area (Å²) in [5, 5.41) is 13.9. The fourth-order valence-corrected chi connectivity index (χ4v) is 1.93. The van der Waals surface area contributed by atoms with Gasteiger partial charge in [-0.25, -0.2) is 4.98 Å². The number of amides is 1. The number of carbonyl (C=O) groups excluding carboxylic acids is 1. The minimum atomic E-state index is -0.287. The summed E-state index contributed by atoms with van der Waals surface area (Å²) in [6.07, 6.45) is 3.25. The Morgan fingerprint density at radius 2 is 2.10 bits per heavy atom. The summed E-state index contributed by atoms with van der Waals surface area (Å²) >= 11 is 0. The fourth-order valence-electron chi connectivity index (χ4n) is 1.93. The van der Waals surface area contributed by atoms with E-state index in [9.17, 15) is 4.79 Å². The predicted octanol–water partition coefficient (Wildman–Crippen LogP) is 2.00. The summed E-state index contributed by atoms with van der Waals surface area (Å²) in [6, 6.07) is 5.22. The van der Waals surface area contributed by atoms with Crippen LogP contribution in [-0.4, -0.2) is 30.7 Å². The van der Waals surface area contributed by atoms with E-state index in [-0.39, 0.29) is 11.3 Å². The van der Waals surface area contributed by atoms with Gasteiger partial charge in [-0.3, -0.25) is 9.89 Å². The number of hydrogen-bond acceptors (Lipinski definition) is 4. The highest BCUT2D eigenvalue weighted by atomic mass is 16.2. The van der Waals surface area contributed by atoms with Crippen molar-refractivity contribution in [1.82, 2.24) is 24.8 Å². The molecule has 21 heavy (non-hydrogen) atoms. The Morgan fingerprint density at radius 1 is 1.29 bits per heavy atom. The summed E-state index contributed by atoms with van der Waals surface area (Å²) in [6.45, 7) is 6.16. The first-order valence-corrected chi connectivity index (χ1v) is 6.61. The lowest BCUT2D eigenvalue weighted by molar-refractivity contribution is 0.102. The third-order valence-electron chi connectivity index (χ3n) is 3.15. The second-order valence-electron chi connectivity index (χ2n) is 5.80. The van der Waals surface area contributed by atoms with E-state index in [0.717, 1.165) is 5.69 Å². The lowest BCUT2D eigenvalue weighted by Gasteiger charge is -2.14. The SMILES string of the molecule is CC(C)(C)c1cc(C(=O)Nc2ccnc3ccnn23)n[nH]1. The van der Waals surface area contributed by atoms with Crippen LogP contribution in [0.3, 0.4) is 0 Å². The van der Waals surface area contributed by atoms with E-state index in [4.69, 9.17) is 0 Å². The molecule has 0 saturated carbocycles. The van der Waals surface area contributed by atoms with Gasteiger partial charge in [0.2, 0.25) is 0 Å². The van der Waals surface area contributed by atoms with E-state index in [1.54, 1.807) is 35.1 Å². The highest BCUT2D eigenvalue weighted by Crippen LogP contribution is 2.20. The lowest BCUT2D eigenvalue weighted by atomic mass is 9.92. The molecule has 0 spiro atoms. The predicted molar refractivity (Wildman–Crippen MR) is 78.2 cm³/mol. The van der Waals surface area contributed by atoms with Gasteiger partial charge in [0.05, 0.1) is 6.20 Å². The van der Waals surface area contributed by atoms with E-state index >= 15 is 0 Å².